The number of ether oxygens (including phenoxy) is 2. The van der Waals surface area contributed by atoms with Crippen LogP contribution in [0.4, 0.5) is 9.18 Å². The number of carbonyl (C=O) groups excluding carboxylic acids is 2. The van der Waals surface area contributed by atoms with E-state index in [1.54, 1.807) is 18.2 Å². The molecule has 0 atom stereocenters. The summed E-state index contributed by atoms with van der Waals surface area (Å²) in [5.41, 5.74) is 3.64. The third kappa shape index (κ3) is 6.05. The highest BCUT2D eigenvalue weighted by Gasteiger charge is 2.35. The van der Waals surface area contributed by atoms with Crippen LogP contribution < -0.4 is 9.47 Å². The molecule has 1 saturated heterocycles. The molecule has 0 spiro atoms. The van der Waals surface area contributed by atoms with Crippen molar-refractivity contribution in [3.63, 3.8) is 0 Å². The molecule has 35 heavy (non-hydrogen) atoms. The summed E-state index contributed by atoms with van der Waals surface area (Å²) in [4.78, 5) is 26.9. The largest absolute Gasteiger partial charge is 0.490 e. The van der Waals surface area contributed by atoms with Crippen molar-refractivity contribution >= 4 is 51.6 Å². The molecule has 0 aromatic heterocycles. The van der Waals surface area contributed by atoms with Crippen LogP contribution in [0.2, 0.25) is 0 Å². The molecule has 8 heteroatoms. The Kier molecular flexibility index (Phi) is 8.12. The van der Waals surface area contributed by atoms with Crippen molar-refractivity contribution in [2.75, 3.05) is 6.61 Å². The first-order valence-electron chi connectivity index (χ1n) is 11.0. The second-order valence-corrected chi connectivity index (χ2v) is 10.0. The lowest BCUT2D eigenvalue weighted by Gasteiger charge is -2.16. The van der Waals surface area contributed by atoms with Gasteiger partial charge in [0.15, 0.2) is 11.5 Å². The first-order valence-corrected chi connectivity index (χ1v) is 12.9. The molecule has 0 radical (unpaired) electrons. The molecular formula is C27H23FINO4S. The van der Waals surface area contributed by atoms with Crippen molar-refractivity contribution in [3.8, 4) is 11.5 Å². The Bertz CT molecular complexity index is 1290. The maximum absolute atomic E-state index is 13.2. The molecule has 0 aliphatic carbocycles. The summed E-state index contributed by atoms with van der Waals surface area (Å²) in [7, 11) is 0. The van der Waals surface area contributed by atoms with Crippen molar-refractivity contribution in [2.45, 2.75) is 27.0 Å². The summed E-state index contributed by atoms with van der Waals surface area (Å²) in [5, 5.41) is -0.358. The number of benzene rings is 3. The molecule has 1 heterocycles. The number of hydrogen-bond acceptors (Lipinski definition) is 5. The molecule has 0 bridgehead atoms. The van der Waals surface area contributed by atoms with E-state index in [1.807, 2.05) is 50.2 Å². The van der Waals surface area contributed by atoms with Crippen molar-refractivity contribution in [1.29, 1.82) is 0 Å². The van der Waals surface area contributed by atoms with Gasteiger partial charge in [-0.1, -0.05) is 36.4 Å². The Morgan fingerprint density at radius 1 is 1.06 bits per heavy atom. The second kappa shape index (κ2) is 11.3. The quantitative estimate of drug-likeness (QED) is 0.206. The van der Waals surface area contributed by atoms with Gasteiger partial charge in [0.1, 0.15) is 12.4 Å². The van der Waals surface area contributed by atoms with Crippen molar-refractivity contribution in [3.05, 3.63) is 97.2 Å². The Balaban J connectivity index is 1.55. The van der Waals surface area contributed by atoms with Gasteiger partial charge in [-0.05, 0) is 101 Å². The van der Waals surface area contributed by atoms with Gasteiger partial charge < -0.3 is 9.47 Å². The molecule has 3 aromatic carbocycles. The molecule has 1 aliphatic rings. The number of halogens is 2. The molecule has 2 amide bonds. The number of nitrogens with zero attached hydrogens (tertiary/aromatic N) is 1. The number of carbonyl (C=O) groups is 2. The van der Waals surface area contributed by atoms with E-state index >= 15 is 0 Å². The summed E-state index contributed by atoms with van der Waals surface area (Å²) >= 11 is 3.07. The van der Waals surface area contributed by atoms with Gasteiger partial charge in [-0.2, -0.15) is 0 Å². The molecule has 4 rings (SSSR count). The van der Waals surface area contributed by atoms with Gasteiger partial charge >= 0.3 is 0 Å². The standard InChI is InChI=1S/C27H23FINO4S/c1-3-33-23-13-19(12-22(29)25(23)34-16-20-7-5-4-6-17(20)2)14-24-26(31)30(27(32)35-24)15-18-8-10-21(28)11-9-18/h4-14H,3,15-16H2,1-2H3/b24-14-. The van der Waals surface area contributed by atoms with E-state index in [0.717, 1.165) is 36.9 Å². The first-order chi connectivity index (χ1) is 16.9. The number of amides is 2. The lowest BCUT2D eigenvalue weighted by atomic mass is 10.1. The highest BCUT2D eigenvalue weighted by Crippen LogP contribution is 2.38. The van der Waals surface area contributed by atoms with E-state index in [1.165, 1.54) is 12.1 Å². The predicted octanol–water partition coefficient (Wildman–Crippen LogP) is 6.95. The summed E-state index contributed by atoms with van der Waals surface area (Å²) in [6.07, 6.45) is 1.69. The van der Waals surface area contributed by atoms with Crippen molar-refractivity contribution in [1.82, 2.24) is 4.90 Å². The monoisotopic (exact) mass is 603 g/mol. The minimum Gasteiger partial charge on any atom is -0.490 e. The lowest BCUT2D eigenvalue weighted by molar-refractivity contribution is -0.123. The molecule has 3 aromatic rings. The molecular weight excluding hydrogens is 580 g/mol. The molecule has 0 N–H and O–H groups in total. The van der Waals surface area contributed by atoms with Crippen LogP contribution in [-0.2, 0) is 17.9 Å². The Morgan fingerprint density at radius 3 is 2.51 bits per heavy atom. The Labute approximate surface area is 221 Å². The fourth-order valence-corrected chi connectivity index (χ4v) is 5.18. The molecule has 0 unspecified atom stereocenters. The van der Waals surface area contributed by atoms with Gasteiger partial charge in [0, 0.05) is 0 Å². The molecule has 5 nitrogen and oxygen atoms in total. The van der Waals surface area contributed by atoms with Gasteiger partial charge in [-0.25, -0.2) is 4.39 Å². The summed E-state index contributed by atoms with van der Waals surface area (Å²) < 4.78 is 26.0. The van der Waals surface area contributed by atoms with Gasteiger partial charge in [0.05, 0.1) is 21.6 Å². The van der Waals surface area contributed by atoms with Gasteiger partial charge in [-0.3, -0.25) is 14.5 Å². The molecule has 0 saturated carbocycles. The van der Waals surface area contributed by atoms with E-state index in [9.17, 15) is 14.0 Å². The van der Waals surface area contributed by atoms with Crippen LogP contribution in [0.5, 0.6) is 11.5 Å². The molecule has 180 valence electrons. The number of thioether (sulfide) groups is 1. The summed E-state index contributed by atoms with van der Waals surface area (Å²) in [6.45, 7) is 4.89. The zero-order chi connectivity index (χ0) is 24.9. The maximum Gasteiger partial charge on any atom is 0.293 e. The third-order valence-electron chi connectivity index (χ3n) is 5.39. The average Bonchev–Trinajstić information content (AvgIpc) is 3.08. The van der Waals surface area contributed by atoms with Crippen LogP contribution >= 0.6 is 34.4 Å². The number of hydrogen-bond donors (Lipinski definition) is 0. The zero-order valence-corrected chi connectivity index (χ0v) is 22.2. The first kappa shape index (κ1) is 25.2. The SMILES string of the molecule is CCOc1cc(/C=C2\SC(=O)N(Cc3ccc(F)cc3)C2=O)cc(I)c1OCc1ccccc1C. The summed E-state index contributed by atoms with van der Waals surface area (Å²) in [5.74, 6) is 0.466. The van der Waals surface area contributed by atoms with E-state index < -0.39 is 0 Å². The normalized spacial score (nSPS) is 14.6. The smallest absolute Gasteiger partial charge is 0.293 e. The van der Waals surface area contributed by atoms with Crippen LogP contribution in [0, 0.1) is 16.3 Å². The Morgan fingerprint density at radius 2 is 1.80 bits per heavy atom. The van der Waals surface area contributed by atoms with Crippen molar-refractivity contribution < 1.29 is 23.5 Å². The minimum absolute atomic E-state index is 0.0930. The van der Waals surface area contributed by atoms with Gasteiger partial charge in [-0.15, -0.1) is 0 Å². The summed E-state index contributed by atoms with van der Waals surface area (Å²) in [6, 6.07) is 17.5. The second-order valence-electron chi connectivity index (χ2n) is 7.87. The lowest BCUT2D eigenvalue weighted by Crippen LogP contribution is -2.27. The Hall–Kier alpha value is -2.85. The predicted molar refractivity (Wildman–Crippen MR) is 144 cm³/mol. The molecule has 1 fully saturated rings. The highest BCUT2D eigenvalue weighted by atomic mass is 127. The van der Waals surface area contributed by atoms with Crippen molar-refractivity contribution in [2.24, 2.45) is 0 Å². The number of rotatable bonds is 8. The van der Waals surface area contributed by atoms with Gasteiger partial charge in [0.25, 0.3) is 11.1 Å². The van der Waals surface area contributed by atoms with E-state index in [0.29, 0.717) is 35.2 Å². The van der Waals surface area contributed by atoms with E-state index in [-0.39, 0.29) is 23.5 Å². The van der Waals surface area contributed by atoms with Crippen LogP contribution in [-0.4, -0.2) is 22.7 Å². The van der Waals surface area contributed by atoms with Crippen LogP contribution in [0.15, 0.2) is 65.6 Å². The third-order valence-corrected chi connectivity index (χ3v) is 7.10. The fraction of sp³-hybridized carbons (Fsp3) is 0.185. The van der Waals surface area contributed by atoms with Crippen LogP contribution in [0.3, 0.4) is 0 Å². The van der Waals surface area contributed by atoms with Crippen LogP contribution in [0.25, 0.3) is 6.08 Å². The minimum atomic E-state index is -0.378. The van der Waals surface area contributed by atoms with Crippen LogP contribution in [0.1, 0.15) is 29.2 Å². The highest BCUT2D eigenvalue weighted by molar-refractivity contribution is 14.1. The topological polar surface area (TPSA) is 55.8 Å². The fourth-order valence-electron chi connectivity index (χ4n) is 3.56. The number of imide groups is 1. The number of aryl methyl sites for hydroxylation is 1. The van der Waals surface area contributed by atoms with E-state index in [4.69, 9.17) is 9.47 Å². The maximum atomic E-state index is 13.2. The molecule has 1 aliphatic heterocycles. The average molecular weight is 603 g/mol. The van der Waals surface area contributed by atoms with E-state index in [2.05, 4.69) is 22.6 Å². The zero-order valence-electron chi connectivity index (χ0n) is 19.2. The van der Waals surface area contributed by atoms with Gasteiger partial charge in [0.2, 0.25) is 0 Å².